The zero-order chi connectivity index (χ0) is 21.5. The van der Waals surface area contributed by atoms with Crippen LogP contribution in [0.25, 0.3) is 0 Å². The molecule has 0 bridgehead atoms. The first-order valence-electron chi connectivity index (χ1n) is 9.50. The number of hydrazone groups is 1. The van der Waals surface area contributed by atoms with Gasteiger partial charge < -0.3 is 4.74 Å². The van der Waals surface area contributed by atoms with Gasteiger partial charge in [-0.05, 0) is 50.6 Å². The molecule has 1 N–H and O–H groups in total. The Morgan fingerprint density at radius 1 is 1.17 bits per heavy atom. The van der Waals surface area contributed by atoms with Gasteiger partial charge in [0.25, 0.3) is 5.91 Å². The number of nitriles is 1. The molecule has 0 spiro atoms. The number of carbonyl (C=O) groups excluding carboxylic acids is 1. The highest BCUT2D eigenvalue weighted by molar-refractivity contribution is 5.84. The molecule has 0 aliphatic heterocycles. The molecule has 0 aliphatic rings. The Labute approximate surface area is 175 Å². The first-order chi connectivity index (χ1) is 14.5. The van der Waals surface area contributed by atoms with Gasteiger partial charge in [-0.15, -0.1) is 0 Å². The number of ether oxygens (including phenoxy) is 1. The third-order valence-electron chi connectivity index (χ3n) is 4.63. The first kappa shape index (κ1) is 20.8. The number of nitrogens with zero attached hydrogens (tertiary/aromatic N) is 4. The lowest BCUT2D eigenvalue weighted by molar-refractivity contribution is -0.123. The molecule has 1 amide bonds. The van der Waals surface area contributed by atoms with Crippen LogP contribution in [-0.4, -0.2) is 28.5 Å². The minimum atomic E-state index is -0.377. The van der Waals surface area contributed by atoms with E-state index in [-0.39, 0.29) is 12.5 Å². The smallest absolute Gasteiger partial charge is 0.277 e. The average molecular weight is 401 g/mol. The SMILES string of the molecule is Cc1ccc(Cn2nc(C)c(/C=N\NC(=O)COc3ccc(C#N)cc3)c2C)cc1. The Hall–Kier alpha value is -3.92. The molecule has 0 radical (unpaired) electrons. The number of benzene rings is 2. The summed E-state index contributed by atoms with van der Waals surface area (Å²) in [5, 5.41) is 17.4. The van der Waals surface area contributed by atoms with Gasteiger partial charge in [0.15, 0.2) is 6.61 Å². The fourth-order valence-electron chi connectivity index (χ4n) is 2.89. The number of rotatable bonds is 7. The Morgan fingerprint density at radius 3 is 2.53 bits per heavy atom. The van der Waals surface area contributed by atoms with Crippen molar-refractivity contribution in [3.05, 3.63) is 82.2 Å². The molecular weight excluding hydrogens is 378 g/mol. The van der Waals surface area contributed by atoms with E-state index >= 15 is 0 Å². The number of amides is 1. The molecule has 0 fully saturated rings. The largest absolute Gasteiger partial charge is 0.484 e. The van der Waals surface area contributed by atoms with Crippen LogP contribution in [0.3, 0.4) is 0 Å². The lowest BCUT2D eigenvalue weighted by Crippen LogP contribution is -2.24. The second-order valence-electron chi connectivity index (χ2n) is 6.95. The van der Waals surface area contributed by atoms with E-state index in [1.54, 1.807) is 30.5 Å². The molecule has 152 valence electrons. The van der Waals surface area contributed by atoms with Crippen LogP contribution in [0.4, 0.5) is 0 Å². The van der Waals surface area contributed by atoms with E-state index in [1.165, 1.54) is 11.1 Å². The third kappa shape index (κ3) is 5.32. The van der Waals surface area contributed by atoms with Crippen LogP contribution in [-0.2, 0) is 11.3 Å². The van der Waals surface area contributed by atoms with E-state index in [9.17, 15) is 4.79 Å². The predicted molar refractivity (Wildman–Crippen MR) is 114 cm³/mol. The monoisotopic (exact) mass is 401 g/mol. The molecule has 3 aromatic rings. The van der Waals surface area contributed by atoms with Crippen LogP contribution in [0.5, 0.6) is 5.75 Å². The van der Waals surface area contributed by atoms with Gasteiger partial charge in [-0.2, -0.15) is 15.5 Å². The lowest BCUT2D eigenvalue weighted by atomic mass is 10.1. The Balaban J connectivity index is 1.56. The fraction of sp³-hybridized carbons (Fsp3) is 0.217. The summed E-state index contributed by atoms with van der Waals surface area (Å²) in [4.78, 5) is 12.0. The summed E-state index contributed by atoms with van der Waals surface area (Å²) in [7, 11) is 0. The van der Waals surface area contributed by atoms with E-state index in [4.69, 9.17) is 10.00 Å². The topological polar surface area (TPSA) is 92.3 Å². The van der Waals surface area contributed by atoms with Crippen LogP contribution in [0, 0.1) is 32.1 Å². The molecule has 0 atom stereocenters. The molecule has 0 saturated heterocycles. The van der Waals surface area contributed by atoms with Crippen LogP contribution in [0.2, 0.25) is 0 Å². The highest BCUT2D eigenvalue weighted by atomic mass is 16.5. The summed E-state index contributed by atoms with van der Waals surface area (Å²) in [5.74, 6) is 0.134. The van der Waals surface area contributed by atoms with Gasteiger partial charge in [0.05, 0.1) is 30.1 Å². The molecule has 0 aliphatic carbocycles. The summed E-state index contributed by atoms with van der Waals surface area (Å²) >= 11 is 0. The number of aryl methyl sites for hydroxylation is 2. The molecule has 0 saturated carbocycles. The number of carbonyl (C=O) groups is 1. The van der Waals surface area contributed by atoms with Gasteiger partial charge in [-0.3, -0.25) is 9.48 Å². The van der Waals surface area contributed by atoms with Gasteiger partial charge in [0.1, 0.15) is 5.75 Å². The maximum atomic E-state index is 12.0. The van der Waals surface area contributed by atoms with E-state index < -0.39 is 0 Å². The van der Waals surface area contributed by atoms with E-state index in [0.29, 0.717) is 17.9 Å². The molecule has 0 unspecified atom stereocenters. The molecule has 7 heteroatoms. The third-order valence-corrected chi connectivity index (χ3v) is 4.63. The molecule has 2 aromatic carbocycles. The highest BCUT2D eigenvalue weighted by Gasteiger charge is 2.10. The van der Waals surface area contributed by atoms with Gasteiger partial charge in [-0.25, -0.2) is 5.43 Å². The van der Waals surface area contributed by atoms with Crippen molar-refractivity contribution in [2.75, 3.05) is 6.61 Å². The number of hydrogen-bond acceptors (Lipinski definition) is 5. The molecule has 7 nitrogen and oxygen atoms in total. The Bertz CT molecular complexity index is 1090. The highest BCUT2D eigenvalue weighted by Crippen LogP contribution is 2.14. The van der Waals surface area contributed by atoms with Gasteiger partial charge in [-0.1, -0.05) is 29.8 Å². The molecule has 30 heavy (non-hydrogen) atoms. The molecule has 1 aromatic heterocycles. The summed E-state index contributed by atoms with van der Waals surface area (Å²) < 4.78 is 7.31. The molecular formula is C23H23N5O2. The van der Waals surface area contributed by atoms with Crippen molar-refractivity contribution in [1.29, 1.82) is 5.26 Å². The number of aromatic nitrogens is 2. The normalized spacial score (nSPS) is 10.7. The Morgan fingerprint density at radius 2 is 1.87 bits per heavy atom. The molecule has 3 rings (SSSR count). The maximum absolute atomic E-state index is 12.0. The van der Waals surface area contributed by atoms with Crippen LogP contribution in [0.15, 0.2) is 53.6 Å². The van der Waals surface area contributed by atoms with Gasteiger partial charge >= 0.3 is 0 Å². The second kappa shape index (κ2) is 9.52. The number of nitrogens with one attached hydrogen (secondary N) is 1. The summed E-state index contributed by atoms with van der Waals surface area (Å²) in [5.41, 5.74) is 8.06. The summed E-state index contributed by atoms with van der Waals surface area (Å²) in [6.07, 6.45) is 1.60. The van der Waals surface area contributed by atoms with Crippen molar-refractivity contribution >= 4 is 12.1 Å². The van der Waals surface area contributed by atoms with E-state index in [0.717, 1.165) is 17.0 Å². The Kier molecular flexibility index (Phi) is 6.60. The second-order valence-corrected chi connectivity index (χ2v) is 6.95. The standard InChI is InChI=1S/C23H23N5O2/c1-16-4-6-20(7-5-16)14-28-18(3)22(17(2)27-28)13-25-26-23(29)15-30-21-10-8-19(12-24)9-11-21/h4-11,13H,14-15H2,1-3H3,(H,26,29)/b25-13-. The maximum Gasteiger partial charge on any atom is 0.277 e. The fourth-order valence-corrected chi connectivity index (χ4v) is 2.89. The van der Waals surface area contributed by atoms with Crippen molar-refractivity contribution in [2.24, 2.45) is 5.10 Å². The summed E-state index contributed by atoms with van der Waals surface area (Å²) in [6.45, 7) is 6.45. The van der Waals surface area contributed by atoms with Crippen LogP contribution in [0.1, 0.15) is 33.6 Å². The van der Waals surface area contributed by atoms with Crippen molar-refractivity contribution in [3.63, 3.8) is 0 Å². The van der Waals surface area contributed by atoms with Crippen LogP contribution >= 0.6 is 0 Å². The van der Waals surface area contributed by atoms with Crippen LogP contribution < -0.4 is 10.2 Å². The molecule has 1 heterocycles. The van der Waals surface area contributed by atoms with Gasteiger partial charge in [0.2, 0.25) is 0 Å². The minimum absolute atomic E-state index is 0.173. The quantitative estimate of drug-likeness (QED) is 0.486. The van der Waals surface area contributed by atoms with E-state index in [2.05, 4.69) is 46.8 Å². The lowest BCUT2D eigenvalue weighted by Gasteiger charge is -2.05. The van der Waals surface area contributed by atoms with Crippen molar-refractivity contribution in [2.45, 2.75) is 27.3 Å². The average Bonchev–Trinajstić information content (AvgIpc) is 3.01. The predicted octanol–water partition coefficient (Wildman–Crippen LogP) is 3.26. The van der Waals surface area contributed by atoms with Crippen molar-refractivity contribution in [3.8, 4) is 11.8 Å². The first-order valence-corrected chi connectivity index (χ1v) is 9.50. The minimum Gasteiger partial charge on any atom is -0.484 e. The van der Waals surface area contributed by atoms with Gasteiger partial charge in [0, 0.05) is 11.3 Å². The zero-order valence-electron chi connectivity index (χ0n) is 17.2. The van der Waals surface area contributed by atoms with Crippen molar-refractivity contribution in [1.82, 2.24) is 15.2 Å². The zero-order valence-corrected chi connectivity index (χ0v) is 17.2. The van der Waals surface area contributed by atoms with E-state index in [1.807, 2.05) is 24.6 Å². The van der Waals surface area contributed by atoms with Crippen molar-refractivity contribution < 1.29 is 9.53 Å². The summed E-state index contributed by atoms with van der Waals surface area (Å²) in [6, 6.07) is 16.9. The number of hydrogen-bond donors (Lipinski definition) is 1.